The second-order valence-electron chi connectivity index (χ2n) is 4.12. The Balaban J connectivity index is 2.56. The van der Waals surface area contributed by atoms with Gasteiger partial charge in [0.05, 0.1) is 0 Å². The van der Waals surface area contributed by atoms with Gasteiger partial charge >= 0.3 is 0 Å². The van der Waals surface area contributed by atoms with Crippen molar-refractivity contribution in [2.75, 3.05) is 11.9 Å². The maximum atomic E-state index is 12.9. The van der Waals surface area contributed by atoms with Gasteiger partial charge in [0.2, 0.25) is 5.95 Å². The molecule has 4 heteroatoms. The molecule has 3 nitrogen and oxygen atoms in total. The molecule has 16 heavy (non-hydrogen) atoms. The van der Waals surface area contributed by atoms with Crippen LogP contribution in [0.3, 0.4) is 0 Å². The maximum absolute atomic E-state index is 12.9. The molecule has 0 aliphatic heterocycles. The van der Waals surface area contributed by atoms with Crippen molar-refractivity contribution in [2.24, 2.45) is 5.92 Å². The highest BCUT2D eigenvalue weighted by molar-refractivity contribution is 5.34. The van der Waals surface area contributed by atoms with Crippen molar-refractivity contribution in [1.82, 2.24) is 4.98 Å². The summed E-state index contributed by atoms with van der Waals surface area (Å²) in [5, 5.41) is 12.2. The number of aliphatic hydroxyl groups is 1. The quantitative estimate of drug-likeness (QED) is 0.732. The third kappa shape index (κ3) is 4.14. The molecule has 0 aliphatic carbocycles. The number of hydrogen-bond acceptors (Lipinski definition) is 3. The molecule has 2 unspecified atom stereocenters. The minimum atomic E-state index is -0.477. The van der Waals surface area contributed by atoms with Crippen LogP contribution in [0.5, 0.6) is 0 Å². The summed E-state index contributed by atoms with van der Waals surface area (Å²) in [7, 11) is 0. The van der Waals surface area contributed by atoms with Crippen molar-refractivity contribution in [2.45, 2.75) is 32.7 Å². The Hall–Kier alpha value is -1.16. The molecule has 1 rings (SSSR count). The molecule has 1 aromatic heterocycles. The molecule has 0 fully saturated rings. The van der Waals surface area contributed by atoms with E-state index in [1.54, 1.807) is 12.1 Å². The highest BCUT2D eigenvalue weighted by Crippen LogP contribution is 2.13. The van der Waals surface area contributed by atoms with Crippen LogP contribution in [0.2, 0.25) is 0 Å². The van der Waals surface area contributed by atoms with Crippen LogP contribution < -0.4 is 5.32 Å². The fraction of sp³-hybridized carbons (Fsp3) is 0.583. The molecule has 0 spiro atoms. The lowest BCUT2D eigenvalue weighted by Crippen LogP contribution is -2.23. The van der Waals surface area contributed by atoms with Gasteiger partial charge in [-0.25, -0.2) is 4.98 Å². The standard InChI is InChI=1S/C12H19FN2O/c1-3-10(7-9(2)8-16)14-12-6-4-5-11(13)15-12/h4-6,9-10,16H,3,7-8H2,1-2H3,(H,14,15). The molecule has 2 N–H and O–H groups in total. The molecule has 0 aliphatic rings. The summed E-state index contributed by atoms with van der Waals surface area (Å²) in [6, 6.07) is 4.92. The van der Waals surface area contributed by atoms with Crippen LogP contribution in [0.15, 0.2) is 18.2 Å². The van der Waals surface area contributed by atoms with Crippen molar-refractivity contribution in [3.05, 3.63) is 24.1 Å². The van der Waals surface area contributed by atoms with E-state index in [-0.39, 0.29) is 18.6 Å². The SMILES string of the molecule is CCC(CC(C)CO)Nc1cccc(F)n1. The van der Waals surface area contributed by atoms with Gasteiger partial charge in [-0.1, -0.05) is 19.9 Å². The normalized spacial score (nSPS) is 14.5. The highest BCUT2D eigenvalue weighted by atomic mass is 19.1. The number of rotatable bonds is 6. The first kappa shape index (κ1) is 12.9. The third-order valence-electron chi connectivity index (χ3n) is 2.56. The molecule has 0 aromatic carbocycles. The summed E-state index contributed by atoms with van der Waals surface area (Å²) in [5.41, 5.74) is 0. The average molecular weight is 226 g/mol. The van der Waals surface area contributed by atoms with E-state index in [0.29, 0.717) is 5.82 Å². The van der Waals surface area contributed by atoms with Gasteiger partial charge in [0.15, 0.2) is 0 Å². The molecule has 0 saturated heterocycles. The Morgan fingerprint density at radius 3 is 2.81 bits per heavy atom. The van der Waals surface area contributed by atoms with E-state index < -0.39 is 5.95 Å². The van der Waals surface area contributed by atoms with Gasteiger partial charge in [-0.05, 0) is 30.9 Å². The number of halogens is 1. The number of anilines is 1. The number of pyridine rings is 1. The fourth-order valence-electron chi connectivity index (χ4n) is 1.59. The van der Waals surface area contributed by atoms with Crippen molar-refractivity contribution in [1.29, 1.82) is 0 Å². The minimum Gasteiger partial charge on any atom is -0.396 e. The predicted molar refractivity (Wildman–Crippen MR) is 62.8 cm³/mol. The number of aromatic nitrogens is 1. The molecule has 0 bridgehead atoms. The van der Waals surface area contributed by atoms with Gasteiger partial charge in [0.25, 0.3) is 0 Å². The first-order chi connectivity index (χ1) is 7.65. The van der Waals surface area contributed by atoms with Crippen LogP contribution >= 0.6 is 0 Å². The van der Waals surface area contributed by atoms with Gasteiger partial charge in [0, 0.05) is 12.6 Å². The van der Waals surface area contributed by atoms with Gasteiger partial charge < -0.3 is 10.4 Å². The molecule has 1 heterocycles. The summed E-state index contributed by atoms with van der Waals surface area (Å²) in [5.74, 6) is 0.318. The lowest BCUT2D eigenvalue weighted by Gasteiger charge is -2.20. The summed E-state index contributed by atoms with van der Waals surface area (Å²) in [6.07, 6.45) is 1.77. The minimum absolute atomic E-state index is 0.175. The molecule has 0 saturated carbocycles. The molecule has 0 radical (unpaired) electrons. The van der Waals surface area contributed by atoms with Crippen LogP contribution in [-0.4, -0.2) is 22.7 Å². The largest absolute Gasteiger partial charge is 0.396 e. The monoisotopic (exact) mass is 226 g/mol. The first-order valence-electron chi connectivity index (χ1n) is 5.65. The second-order valence-corrected chi connectivity index (χ2v) is 4.12. The van der Waals surface area contributed by atoms with E-state index >= 15 is 0 Å². The Morgan fingerprint density at radius 2 is 2.25 bits per heavy atom. The average Bonchev–Trinajstić information content (AvgIpc) is 2.28. The summed E-state index contributed by atoms with van der Waals surface area (Å²) in [4.78, 5) is 3.75. The maximum Gasteiger partial charge on any atom is 0.214 e. The predicted octanol–water partition coefficient (Wildman–Crippen LogP) is 2.43. The van der Waals surface area contributed by atoms with E-state index in [0.717, 1.165) is 12.8 Å². The first-order valence-corrected chi connectivity index (χ1v) is 5.65. The topological polar surface area (TPSA) is 45.1 Å². The van der Waals surface area contributed by atoms with Crippen molar-refractivity contribution < 1.29 is 9.50 Å². The number of nitrogens with zero attached hydrogens (tertiary/aromatic N) is 1. The van der Waals surface area contributed by atoms with Gasteiger partial charge in [-0.2, -0.15) is 4.39 Å². The van der Waals surface area contributed by atoms with E-state index in [4.69, 9.17) is 5.11 Å². The van der Waals surface area contributed by atoms with Crippen molar-refractivity contribution in [3.8, 4) is 0 Å². The molecule has 2 atom stereocenters. The van der Waals surface area contributed by atoms with E-state index in [1.807, 2.05) is 6.92 Å². The zero-order valence-electron chi connectivity index (χ0n) is 9.78. The summed E-state index contributed by atoms with van der Waals surface area (Å²) in [6.45, 7) is 4.22. The molecule has 90 valence electrons. The molecule has 1 aromatic rings. The Morgan fingerprint density at radius 1 is 1.50 bits per heavy atom. The van der Waals surface area contributed by atoms with Gasteiger partial charge in [-0.3, -0.25) is 0 Å². The highest BCUT2D eigenvalue weighted by Gasteiger charge is 2.11. The summed E-state index contributed by atoms with van der Waals surface area (Å²) >= 11 is 0. The Labute approximate surface area is 95.7 Å². The second kappa shape index (κ2) is 6.43. The zero-order chi connectivity index (χ0) is 12.0. The van der Waals surface area contributed by atoms with Crippen LogP contribution in [0.25, 0.3) is 0 Å². The van der Waals surface area contributed by atoms with Crippen LogP contribution in [-0.2, 0) is 0 Å². The van der Waals surface area contributed by atoms with Crippen molar-refractivity contribution >= 4 is 5.82 Å². The smallest absolute Gasteiger partial charge is 0.214 e. The Bertz CT molecular complexity index is 320. The number of nitrogens with one attached hydrogen (secondary N) is 1. The molecular formula is C12H19FN2O. The molecule has 0 amide bonds. The number of aliphatic hydroxyl groups excluding tert-OH is 1. The van der Waals surface area contributed by atoms with Gasteiger partial charge in [0.1, 0.15) is 5.82 Å². The van der Waals surface area contributed by atoms with E-state index in [9.17, 15) is 4.39 Å². The van der Waals surface area contributed by atoms with Crippen molar-refractivity contribution in [3.63, 3.8) is 0 Å². The van der Waals surface area contributed by atoms with Gasteiger partial charge in [-0.15, -0.1) is 0 Å². The van der Waals surface area contributed by atoms with E-state index in [1.165, 1.54) is 6.07 Å². The van der Waals surface area contributed by atoms with E-state index in [2.05, 4.69) is 17.2 Å². The molecular weight excluding hydrogens is 207 g/mol. The lowest BCUT2D eigenvalue weighted by atomic mass is 10.0. The van der Waals surface area contributed by atoms with Crippen LogP contribution in [0.4, 0.5) is 10.2 Å². The fourth-order valence-corrected chi connectivity index (χ4v) is 1.59. The third-order valence-corrected chi connectivity index (χ3v) is 2.56. The van der Waals surface area contributed by atoms with Crippen LogP contribution in [0, 0.1) is 11.9 Å². The number of hydrogen-bond donors (Lipinski definition) is 2. The Kier molecular flexibility index (Phi) is 5.19. The van der Waals surface area contributed by atoms with Crippen LogP contribution in [0.1, 0.15) is 26.7 Å². The lowest BCUT2D eigenvalue weighted by molar-refractivity contribution is 0.224. The zero-order valence-corrected chi connectivity index (χ0v) is 9.78. The summed E-state index contributed by atoms with van der Waals surface area (Å²) < 4.78 is 12.9.